The van der Waals surface area contributed by atoms with Gasteiger partial charge in [-0.15, -0.1) is 12.4 Å². The van der Waals surface area contributed by atoms with Gasteiger partial charge in [-0.25, -0.2) is 81.5 Å². The normalized spacial score (nSPS) is 11.4. The zero-order chi connectivity index (χ0) is 85.1. The minimum absolute atomic E-state index is 0. The first-order valence-electron chi connectivity index (χ1n) is 32.4. The van der Waals surface area contributed by atoms with Gasteiger partial charge in [0.25, 0.3) is 0 Å². The van der Waals surface area contributed by atoms with E-state index in [4.69, 9.17) is 35.2 Å². The fraction of sp³-hybridized carbons (Fsp3) is 0.453. The van der Waals surface area contributed by atoms with Crippen LogP contribution >= 0.6 is 12.4 Å². The van der Waals surface area contributed by atoms with E-state index in [1.807, 2.05) is 0 Å². The molecule has 8 heterocycles. The first-order valence-corrected chi connectivity index (χ1v) is 32.4. The van der Waals surface area contributed by atoms with Crippen molar-refractivity contribution in [3.05, 3.63) is 168 Å². The molecule has 0 fully saturated rings. The monoisotopic (exact) mass is 1720 g/mol. The molecule has 8 aromatic heterocycles. The van der Waals surface area contributed by atoms with Crippen LogP contribution in [0.2, 0.25) is 0 Å². The second-order valence-electron chi connectivity index (χ2n) is 27.9. The maximum Gasteiger partial charge on any atom is 0.519 e. The summed E-state index contributed by atoms with van der Waals surface area (Å²) in [6.07, 6.45) is -11.8. The lowest BCUT2D eigenvalue weighted by atomic mass is 10.1. The number of halogens is 17. The van der Waals surface area contributed by atoms with E-state index in [1.165, 1.54) is 24.3 Å². The highest BCUT2D eigenvalue weighted by Crippen LogP contribution is 2.33. The fourth-order valence-electron chi connectivity index (χ4n) is 7.95. The third kappa shape index (κ3) is 38.8. The highest BCUT2D eigenvalue weighted by Gasteiger charge is 2.38. The molecule has 43 heteroatoms. The number of ether oxygens (including phenoxy) is 6. The molecule has 0 radical (unpaired) electrons. The zero-order valence-corrected chi connectivity index (χ0v) is 63.5. The van der Waals surface area contributed by atoms with Gasteiger partial charge in [0.15, 0.2) is 0 Å². The summed E-state index contributed by atoms with van der Waals surface area (Å²) in [6, 6.07) is 5.22. The summed E-state index contributed by atoms with van der Waals surface area (Å²) < 4.78 is 234. The molecule has 0 aliphatic rings. The Balaban J connectivity index is -0.00000142. The molecule has 0 spiro atoms. The highest BCUT2D eigenvalue weighted by molar-refractivity contribution is 5.88. The lowest BCUT2D eigenvalue weighted by molar-refractivity contribution is -0.155. The van der Waals surface area contributed by atoms with Crippen molar-refractivity contribution in [3.8, 4) is 44.5 Å². The molecule has 0 aromatic carbocycles. The van der Waals surface area contributed by atoms with Crippen molar-refractivity contribution in [2.24, 2.45) is 11.5 Å². The van der Waals surface area contributed by atoms with E-state index in [1.54, 1.807) is 104 Å². The number of pyridine rings is 4. The number of imide groups is 1. The summed E-state index contributed by atoms with van der Waals surface area (Å²) in [4.78, 5) is 100. The highest BCUT2D eigenvalue weighted by atomic mass is 35.5. The van der Waals surface area contributed by atoms with Crippen LogP contribution < -0.4 is 11.5 Å². The standard InChI is InChI=1S/C21H24F4N4O4.C17H17F4N3O2.2C11H8F4N4.C10H18O5.5CH4.ClH/c1-19(2,3)32-17(30)29(18(31)33-20(4,5)6)11-13-7-14(15(22)10-26-13)12-8-27-16(28-9-12)21(23,24)25;1-16(2,3)26-14(25)5-4-11-6-12(13(18)9-22-11)10-7-23-15(24-8-10)17(19,20)21;2*12-9-5-17-7(2-16)1-8(9)6-3-18-10(19-4-6)11(13,14)15;1-9(2,3)14-7(11)13-8(12)15-10(4,5)6;;;;;;/h7-10H,11H2,1-6H3;6-9H,4-5H2,1-3H3;2*1,3-5H,2,16H2;1-6H3;5*1H4;1H. The van der Waals surface area contributed by atoms with Gasteiger partial charge in [0.05, 0.1) is 54.8 Å². The number of nitrogens with zero attached hydrogens (tertiary/aromatic N) is 13. The maximum atomic E-state index is 14.4. The van der Waals surface area contributed by atoms with Crippen LogP contribution in [0.4, 0.5) is 89.4 Å². The molecular formula is C75H96ClF16N15O11. The average Bonchev–Trinajstić information content (AvgIpc) is 0.827. The minimum Gasteiger partial charge on any atom is -0.460 e. The number of rotatable bonds is 11. The zero-order valence-electron chi connectivity index (χ0n) is 62.7. The molecule has 0 bridgehead atoms. The summed E-state index contributed by atoms with van der Waals surface area (Å²) in [5, 5.41) is 0. The van der Waals surface area contributed by atoms with E-state index >= 15 is 0 Å². The van der Waals surface area contributed by atoms with Gasteiger partial charge in [0.2, 0.25) is 23.3 Å². The second kappa shape index (κ2) is 45.6. The number of aryl methyl sites for hydroxylation is 1. The number of hydrogen-bond acceptors (Lipinski definition) is 25. The number of alkyl halides is 12. The quantitative estimate of drug-likeness (QED) is 0.0525. The largest absolute Gasteiger partial charge is 0.519 e. The Morgan fingerprint density at radius 2 is 0.551 bits per heavy atom. The van der Waals surface area contributed by atoms with Crippen molar-refractivity contribution >= 4 is 42.9 Å². The summed E-state index contributed by atoms with van der Waals surface area (Å²) in [7, 11) is 0. The molecule has 656 valence electrons. The van der Waals surface area contributed by atoms with E-state index < -0.39 is 136 Å². The van der Waals surface area contributed by atoms with Crippen molar-refractivity contribution in [3.63, 3.8) is 0 Å². The predicted octanol–water partition coefficient (Wildman–Crippen LogP) is 20.1. The molecule has 8 aromatic rings. The predicted molar refractivity (Wildman–Crippen MR) is 403 cm³/mol. The van der Waals surface area contributed by atoms with Crippen LogP contribution in [0.5, 0.6) is 0 Å². The Morgan fingerprint density at radius 1 is 0.331 bits per heavy atom. The Morgan fingerprint density at radius 3 is 0.780 bits per heavy atom. The number of nitrogens with two attached hydrogens (primary N) is 2. The number of esters is 1. The number of carbonyl (C=O) groups excluding carboxylic acids is 5. The molecule has 2 amide bonds. The molecular weight excluding hydrogens is 1630 g/mol. The molecule has 0 saturated heterocycles. The van der Waals surface area contributed by atoms with Crippen molar-refractivity contribution in [2.75, 3.05) is 0 Å². The molecule has 118 heavy (non-hydrogen) atoms. The van der Waals surface area contributed by atoms with Crippen molar-refractivity contribution in [1.29, 1.82) is 0 Å². The van der Waals surface area contributed by atoms with Crippen LogP contribution in [0.15, 0.2) is 98.6 Å². The van der Waals surface area contributed by atoms with Crippen LogP contribution in [0, 0.1) is 23.3 Å². The van der Waals surface area contributed by atoms with Gasteiger partial charge in [0, 0.05) is 119 Å². The molecule has 0 unspecified atom stereocenters. The summed E-state index contributed by atoms with van der Waals surface area (Å²) in [5.74, 6) is -8.60. The number of amides is 2. The second-order valence-corrected chi connectivity index (χ2v) is 27.9. The SMILES string of the molecule is C.C.C.C.C.CC(C)(C)OC(=O)CCc1cc(-c2cnc(C(F)(F)F)nc2)c(F)cn1.CC(C)(C)OC(=O)N(Cc1cc(-c2cnc(C(F)(F)F)nc2)c(F)cn1)C(=O)OC(C)(C)C.CC(C)(C)OC(=O)OC(=O)OC(C)(C)C.Cl.NCc1cc(-c2cnc(C(F)(F)F)nc2)c(F)cn1.NCc1cc(-c2cnc(C(F)(F)F)nc2)c(F)cn1. The third-order valence-electron chi connectivity index (χ3n) is 12.4. The Hall–Kier alpha value is -11.0. The maximum absolute atomic E-state index is 14.4. The van der Waals surface area contributed by atoms with Crippen LogP contribution in [-0.4, -0.2) is 123 Å². The van der Waals surface area contributed by atoms with Crippen LogP contribution in [0.3, 0.4) is 0 Å². The van der Waals surface area contributed by atoms with Gasteiger partial charge in [-0.1, -0.05) is 37.1 Å². The lowest BCUT2D eigenvalue weighted by Gasteiger charge is -2.28. The van der Waals surface area contributed by atoms with Gasteiger partial charge >= 0.3 is 55.2 Å². The van der Waals surface area contributed by atoms with E-state index in [0.717, 1.165) is 74.4 Å². The molecule has 4 N–H and O–H groups in total. The smallest absolute Gasteiger partial charge is 0.460 e. The molecule has 0 aliphatic heterocycles. The van der Waals surface area contributed by atoms with E-state index in [-0.39, 0.29) is 126 Å². The Kier molecular flexibility index (Phi) is 43.0. The van der Waals surface area contributed by atoms with Crippen LogP contribution in [0.1, 0.15) is 193 Å². The lowest BCUT2D eigenvalue weighted by Crippen LogP contribution is -2.43. The van der Waals surface area contributed by atoms with Crippen LogP contribution in [-0.2, 0) is 84.0 Å². The Labute approximate surface area is 677 Å². The van der Waals surface area contributed by atoms with Crippen molar-refractivity contribution in [2.45, 2.75) is 226 Å². The molecule has 8 rings (SSSR count). The number of carbonyl (C=O) groups is 5. The van der Waals surface area contributed by atoms with Gasteiger partial charge in [-0.2, -0.15) is 52.7 Å². The fourth-order valence-corrected chi connectivity index (χ4v) is 7.95. The van der Waals surface area contributed by atoms with E-state index in [2.05, 4.69) is 64.5 Å². The van der Waals surface area contributed by atoms with E-state index in [0.29, 0.717) is 22.0 Å². The van der Waals surface area contributed by atoms with Gasteiger partial charge in [-0.3, -0.25) is 24.7 Å². The number of hydrogen-bond donors (Lipinski definition) is 2. The van der Waals surface area contributed by atoms with Gasteiger partial charge in [-0.05, 0) is 128 Å². The molecule has 0 aliphatic carbocycles. The summed E-state index contributed by atoms with van der Waals surface area (Å²) in [5.41, 5.74) is 8.39. The van der Waals surface area contributed by atoms with Crippen molar-refractivity contribution < 1.29 is 123 Å². The average molecular weight is 1720 g/mol. The first kappa shape index (κ1) is 111. The molecule has 0 saturated carbocycles. The molecule has 0 atom stereocenters. The van der Waals surface area contributed by atoms with Gasteiger partial charge in [0.1, 0.15) is 51.3 Å². The third-order valence-corrected chi connectivity index (χ3v) is 12.4. The number of aromatic nitrogens is 12. The summed E-state index contributed by atoms with van der Waals surface area (Å²) >= 11 is 0. The summed E-state index contributed by atoms with van der Waals surface area (Å²) in [6.45, 7) is 24.6. The van der Waals surface area contributed by atoms with Crippen LogP contribution in [0.25, 0.3) is 44.5 Å². The Bertz CT molecular complexity index is 4340. The van der Waals surface area contributed by atoms with Gasteiger partial charge < -0.3 is 39.9 Å². The first-order chi connectivity index (χ1) is 51.2. The van der Waals surface area contributed by atoms with Crippen molar-refractivity contribution in [1.82, 2.24) is 64.7 Å². The van der Waals surface area contributed by atoms with E-state index in [9.17, 15) is 94.2 Å². The molecule has 26 nitrogen and oxygen atoms in total. The topological polar surface area (TPSA) is 351 Å². The minimum atomic E-state index is -4.75.